The first-order valence-corrected chi connectivity index (χ1v) is 8.96. The fraction of sp³-hybridized carbons (Fsp3) is 0.286. The van der Waals surface area contributed by atoms with Gasteiger partial charge in [0.2, 0.25) is 0 Å². The third kappa shape index (κ3) is 2.93. The second-order valence-corrected chi connectivity index (χ2v) is 7.12. The van der Waals surface area contributed by atoms with Crippen LogP contribution in [0.3, 0.4) is 0 Å². The molecule has 0 spiro atoms. The van der Waals surface area contributed by atoms with Crippen LogP contribution in [-0.4, -0.2) is 9.78 Å². The fourth-order valence-electron chi connectivity index (χ4n) is 3.71. The number of benzene rings is 2. The predicted octanol–water partition coefficient (Wildman–Crippen LogP) is 5.42. The van der Waals surface area contributed by atoms with E-state index in [-0.39, 0.29) is 6.10 Å². The van der Waals surface area contributed by atoms with E-state index in [2.05, 4.69) is 30.2 Å². The monoisotopic (exact) mass is 352 g/mol. The molecule has 1 atom stereocenters. The number of fused-ring (bicyclic) bond motifs is 1. The minimum absolute atomic E-state index is 0.0846. The summed E-state index contributed by atoms with van der Waals surface area (Å²) in [4.78, 5) is 0. The molecule has 0 N–H and O–H groups in total. The Labute approximate surface area is 153 Å². The zero-order valence-corrected chi connectivity index (χ0v) is 15.5. The SMILES string of the molecule is Cc1nn(C)c(C)c1-c1ccc(OC2CCc3ccc(Cl)cc32)cc1. The Balaban J connectivity index is 1.57. The second kappa shape index (κ2) is 6.23. The number of halogens is 1. The van der Waals surface area contributed by atoms with Crippen molar-refractivity contribution in [2.45, 2.75) is 32.8 Å². The highest BCUT2D eigenvalue weighted by molar-refractivity contribution is 6.30. The lowest BCUT2D eigenvalue weighted by atomic mass is 10.0. The number of aryl methyl sites for hydroxylation is 3. The van der Waals surface area contributed by atoms with Crippen LogP contribution in [-0.2, 0) is 13.5 Å². The molecule has 1 heterocycles. The molecular formula is C21H21ClN2O. The number of hydrogen-bond acceptors (Lipinski definition) is 2. The van der Waals surface area contributed by atoms with E-state index in [1.807, 2.05) is 42.9 Å². The van der Waals surface area contributed by atoms with Crippen LogP contribution < -0.4 is 4.74 Å². The Hall–Kier alpha value is -2.26. The lowest BCUT2D eigenvalue weighted by Gasteiger charge is -2.15. The summed E-state index contributed by atoms with van der Waals surface area (Å²) in [5.74, 6) is 0.890. The third-order valence-corrected chi connectivity index (χ3v) is 5.30. The summed E-state index contributed by atoms with van der Waals surface area (Å²) in [5.41, 5.74) is 7.15. The Kier molecular flexibility index (Phi) is 4.04. The highest BCUT2D eigenvalue weighted by Gasteiger charge is 2.24. The first kappa shape index (κ1) is 16.2. The molecule has 0 bridgehead atoms. The van der Waals surface area contributed by atoms with Crippen LogP contribution >= 0.6 is 11.6 Å². The molecule has 1 aliphatic rings. The summed E-state index contributed by atoms with van der Waals surface area (Å²) in [6.07, 6.45) is 2.13. The Morgan fingerprint density at radius 1 is 1.12 bits per heavy atom. The van der Waals surface area contributed by atoms with E-state index in [4.69, 9.17) is 16.3 Å². The Morgan fingerprint density at radius 3 is 2.56 bits per heavy atom. The quantitative estimate of drug-likeness (QED) is 0.629. The summed E-state index contributed by atoms with van der Waals surface area (Å²) in [6, 6.07) is 14.4. The van der Waals surface area contributed by atoms with E-state index in [9.17, 15) is 0 Å². The molecule has 0 aliphatic heterocycles. The average Bonchev–Trinajstić information content (AvgIpc) is 3.09. The van der Waals surface area contributed by atoms with Crippen molar-refractivity contribution in [1.82, 2.24) is 9.78 Å². The van der Waals surface area contributed by atoms with Gasteiger partial charge in [-0.05, 0) is 67.6 Å². The Morgan fingerprint density at radius 2 is 1.88 bits per heavy atom. The van der Waals surface area contributed by atoms with Crippen molar-refractivity contribution >= 4 is 11.6 Å². The molecule has 4 heteroatoms. The molecule has 25 heavy (non-hydrogen) atoms. The van der Waals surface area contributed by atoms with E-state index in [1.165, 1.54) is 27.9 Å². The molecule has 128 valence electrons. The van der Waals surface area contributed by atoms with Crippen LogP contribution in [0.5, 0.6) is 5.75 Å². The minimum atomic E-state index is 0.0846. The lowest BCUT2D eigenvalue weighted by molar-refractivity contribution is 0.207. The molecule has 0 saturated heterocycles. The molecule has 0 fully saturated rings. The molecule has 0 saturated carbocycles. The summed E-state index contributed by atoms with van der Waals surface area (Å²) in [6.45, 7) is 4.14. The topological polar surface area (TPSA) is 27.1 Å². The van der Waals surface area contributed by atoms with Gasteiger partial charge in [0.05, 0.1) is 5.69 Å². The van der Waals surface area contributed by atoms with Crippen molar-refractivity contribution in [3.05, 3.63) is 70.0 Å². The average molecular weight is 353 g/mol. The van der Waals surface area contributed by atoms with Crippen molar-refractivity contribution in [3.63, 3.8) is 0 Å². The molecule has 3 aromatic rings. The molecule has 0 amide bonds. The number of hydrogen-bond donors (Lipinski definition) is 0. The number of aromatic nitrogens is 2. The largest absolute Gasteiger partial charge is 0.486 e. The zero-order valence-electron chi connectivity index (χ0n) is 14.7. The summed E-state index contributed by atoms with van der Waals surface area (Å²) in [5, 5.41) is 5.27. The predicted molar refractivity (Wildman–Crippen MR) is 101 cm³/mol. The highest BCUT2D eigenvalue weighted by atomic mass is 35.5. The van der Waals surface area contributed by atoms with Crippen molar-refractivity contribution in [3.8, 4) is 16.9 Å². The molecule has 1 aliphatic carbocycles. The molecule has 1 aromatic heterocycles. The molecule has 3 nitrogen and oxygen atoms in total. The maximum absolute atomic E-state index is 6.23. The minimum Gasteiger partial charge on any atom is -0.486 e. The maximum Gasteiger partial charge on any atom is 0.124 e. The van der Waals surface area contributed by atoms with Crippen molar-refractivity contribution in [1.29, 1.82) is 0 Å². The van der Waals surface area contributed by atoms with Crippen LogP contribution in [0.2, 0.25) is 5.02 Å². The third-order valence-electron chi connectivity index (χ3n) is 5.06. The van der Waals surface area contributed by atoms with Crippen LogP contribution in [0, 0.1) is 13.8 Å². The fourth-order valence-corrected chi connectivity index (χ4v) is 3.89. The molecule has 0 radical (unpaired) electrons. The normalized spacial score (nSPS) is 16.1. The number of ether oxygens (including phenoxy) is 1. The van der Waals surface area contributed by atoms with Gasteiger partial charge in [0.1, 0.15) is 11.9 Å². The Bertz CT molecular complexity index is 928. The van der Waals surface area contributed by atoms with Crippen LogP contribution in [0.4, 0.5) is 0 Å². The lowest BCUT2D eigenvalue weighted by Crippen LogP contribution is -2.03. The van der Waals surface area contributed by atoms with E-state index < -0.39 is 0 Å². The smallest absolute Gasteiger partial charge is 0.124 e. The standard InChI is InChI=1S/C21H21ClN2O/c1-13-21(14(2)24(3)23-13)16-5-9-18(10-6-16)25-20-11-7-15-4-8-17(22)12-19(15)20/h4-6,8-10,12,20H,7,11H2,1-3H3. The molecule has 1 unspecified atom stereocenters. The molecular weight excluding hydrogens is 332 g/mol. The van der Waals surface area contributed by atoms with Gasteiger partial charge >= 0.3 is 0 Å². The van der Waals surface area contributed by atoms with Crippen molar-refractivity contribution in [2.24, 2.45) is 7.05 Å². The maximum atomic E-state index is 6.23. The summed E-state index contributed by atoms with van der Waals surface area (Å²) < 4.78 is 8.16. The van der Waals surface area contributed by atoms with Crippen LogP contribution in [0.15, 0.2) is 42.5 Å². The van der Waals surface area contributed by atoms with E-state index in [0.717, 1.165) is 29.3 Å². The van der Waals surface area contributed by atoms with Gasteiger partial charge in [-0.2, -0.15) is 5.10 Å². The van der Waals surface area contributed by atoms with E-state index >= 15 is 0 Å². The van der Waals surface area contributed by atoms with Gasteiger partial charge in [-0.25, -0.2) is 0 Å². The molecule has 2 aromatic carbocycles. The van der Waals surface area contributed by atoms with Gasteiger partial charge in [-0.1, -0.05) is 29.8 Å². The number of rotatable bonds is 3. The van der Waals surface area contributed by atoms with Crippen LogP contribution in [0.1, 0.15) is 35.0 Å². The van der Waals surface area contributed by atoms with E-state index in [1.54, 1.807) is 0 Å². The van der Waals surface area contributed by atoms with Crippen LogP contribution in [0.25, 0.3) is 11.1 Å². The first-order chi connectivity index (χ1) is 12.0. The number of nitrogens with zero attached hydrogens (tertiary/aromatic N) is 2. The van der Waals surface area contributed by atoms with Gasteiger partial charge in [-0.3, -0.25) is 4.68 Å². The van der Waals surface area contributed by atoms with Crippen molar-refractivity contribution in [2.75, 3.05) is 0 Å². The van der Waals surface area contributed by atoms with E-state index in [0.29, 0.717) is 0 Å². The molecule has 4 rings (SSSR count). The second-order valence-electron chi connectivity index (χ2n) is 6.68. The highest BCUT2D eigenvalue weighted by Crippen LogP contribution is 2.37. The zero-order chi connectivity index (χ0) is 17.6. The summed E-state index contributed by atoms with van der Waals surface area (Å²) >= 11 is 6.15. The summed E-state index contributed by atoms with van der Waals surface area (Å²) in [7, 11) is 1.98. The van der Waals surface area contributed by atoms with Gasteiger partial charge in [0.15, 0.2) is 0 Å². The van der Waals surface area contributed by atoms with Gasteiger partial charge < -0.3 is 4.74 Å². The van der Waals surface area contributed by atoms with Gasteiger partial charge in [0, 0.05) is 23.3 Å². The van der Waals surface area contributed by atoms with Crippen molar-refractivity contribution < 1.29 is 4.74 Å². The van der Waals surface area contributed by atoms with Gasteiger partial charge in [0.25, 0.3) is 0 Å². The van der Waals surface area contributed by atoms with Gasteiger partial charge in [-0.15, -0.1) is 0 Å². The first-order valence-electron chi connectivity index (χ1n) is 8.58.